The van der Waals surface area contributed by atoms with Crippen LogP contribution in [0.5, 0.6) is 0 Å². The van der Waals surface area contributed by atoms with Crippen molar-refractivity contribution in [2.24, 2.45) is 0 Å². The highest BCUT2D eigenvalue weighted by molar-refractivity contribution is 8.03. The first-order valence-corrected chi connectivity index (χ1v) is 12.0. The summed E-state index contributed by atoms with van der Waals surface area (Å²) in [5.41, 5.74) is 2.21. The Labute approximate surface area is 161 Å². The van der Waals surface area contributed by atoms with E-state index in [9.17, 15) is 13.2 Å². The molecule has 2 aliphatic rings. The number of nitrogens with zero attached hydrogens (tertiary/aromatic N) is 2. The lowest BCUT2D eigenvalue weighted by Crippen LogP contribution is -2.28. The molecule has 1 fully saturated rings. The van der Waals surface area contributed by atoms with Crippen LogP contribution in [0.4, 0.5) is 5.69 Å². The van der Waals surface area contributed by atoms with Crippen molar-refractivity contribution in [3.63, 3.8) is 0 Å². The summed E-state index contributed by atoms with van der Waals surface area (Å²) in [7, 11) is -3.28. The van der Waals surface area contributed by atoms with E-state index in [0.717, 1.165) is 21.2 Å². The van der Waals surface area contributed by atoms with Gasteiger partial charge in [-0.05, 0) is 47.7 Å². The molecule has 136 valence electrons. The lowest BCUT2D eigenvalue weighted by Gasteiger charge is -2.19. The molecule has 0 N–H and O–H groups in total. The van der Waals surface area contributed by atoms with Crippen LogP contribution in [0.25, 0.3) is 6.08 Å². The number of hydrogen-bond acceptors (Lipinski definition) is 5. The van der Waals surface area contributed by atoms with Crippen LogP contribution < -0.4 is 4.31 Å². The van der Waals surface area contributed by atoms with Gasteiger partial charge >= 0.3 is 0 Å². The van der Waals surface area contributed by atoms with Crippen molar-refractivity contribution in [3.8, 4) is 0 Å². The fourth-order valence-corrected chi connectivity index (χ4v) is 5.96. The van der Waals surface area contributed by atoms with Gasteiger partial charge in [-0.2, -0.15) is 0 Å². The largest absolute Gasteiger partial charge is 0.302 e. The van der Waals surface area contributed by atoms with Gasteiger partial charge in [0.25, 0.3) is 5.91 Å². The molecule has 1 amide bonds. The van der Waals surface area contributed by atoms with Crippen molar-refractivity contribution in [1.82, 2.24) is 4.90 Å². The predicted molar refractivity (Wildman–Crippen MR) is 108 cm³/mol. The number of fused-ring (bicyclic) bond motifs is 1. The SMILES string of the molecule is CS(=O)(=O)N1CCc2cc(C(=O)N3CCS/C3=C/c3cccs3)ccc21. The minimum Gasteiger partial charge on any atom is -0.302 e. The summed E-state index contributed by atoms with van der Waals surface area (Å²) < 4.78 is 25.1. The number of anilines is 1. The molecule has 2 aromatic rings. The van der Waals surface area contributed by atoms with Gasteiger partial charge in [0, 0.05) is 29.3 Å². The molecule has 1 aromatic heterocycles. The number of carbonyl (C=O) groups is 1. The summed E-state index contributed by atoms with van der Waals surface area (Å²) in [6, 6.07) is 9.36. The summed E-state index contributed by atoms with van der Waals surface area (Å²) in [4.78, 5) is 16.0. The molecule has 0 atom stereocenters. The highest BCUT2D eigenvalue weighted by Crippen LogP contribution is 2.34. The summed E-state index contributed by atoms with van der Waals surface area (Å²) in [6.07, 6.45) is 3.90. The first kappa shape index (κ1) is 17.6. The van der Waals surface area contributed by atoms with Crippen LogP contribution in [0.15, 0.2) is 40.7 Å². The molecule has 0 radical (unpaired) electrons. The molecule has 3 heterocycles. The molecule has 2 aliphatic heterocycles. The normalized spacial score (nSPS) is 18.6. The molecule has 8 heteroatoms. The Bertz CT molecular complexity index is 981. The van der Waals surface area contributed by atoms with Gasteiger partial charge in [0.2, 0.25) is 10.0 Å². The minimum absolute atomic E-state index is 0.0292. The third kappa shape index (κ3) is 3.28. The van der Waals surface area contributed by atoms with Crippen molar-refractivity contribution in [3.05, 3.63) is 56.7 Å². The van der Waals surface area contributed by atoms with E-state index in [1.807, 2.05) is 28.5 Å². The second-order valence-corrected chi connectivity index (χ2v) is 10.2. The van der Waals surface area contributed by atoms with E-state index in [0.29, 0.717) is 30.8 Å². The van der Waals surface area contributed by atoms with Crippen LogP contribution in [-0.4, -0.2) is 44.3 Å². The highest BCUT2D eigenvalue weighted by Gasteiger charge is 2.29. The Morgan fingerprint density at radius 2 is 2.08 bits per heavy atom. The third-order valence-corrected chi connectivity index (χ3v) is 7.48. The molecule has 1 saturated heterocycles. The number of carbonyl (C=O) groups excluding carboxylic acids is 1. The molecule has 0 aliphatic carbocycles. The Morgan fingerprint density at radius 3 is 2.81 bits per heavy atom. The van der Waals surface area contributed by atoms with Crippen molar-refractivity contribution in [1.29, 1.82) is 0 Å². The van der Waals surface area contributed by atoms with Gasteiger partial charge in [0.1, 0.15) is 0 Å². The molecule has 0 bridgehead atoms. The minimum atomic E-state index is -3.28. The maximum Gasteiger partial charge on any atom is 0.258 e. The van der Waals surface area contributed by atoms with Crippen molar-refractivity contribution >= 4 is 50.8 Å². The average Bonchev–Trinajstić information content (AvgIpc) is 3.33. The van der Waals surface area contributed by atoms with Gasteiger partial charge in [-0.25, -0.2) is 8.42 Å². The van der Waals surface area contributed by atoms with Crippen molar-refractivity contribution in [2.45, 2.75) is 6.42 Å². The molecular formula is C18H18N2O3S3. The average molecular weight is 407 g/mol. The topological polar surface area (TPSA) is 57.7 Å². The number of thiophene rings is 1. The quantitative estimate of drug-likeness (QED) is 0.785. The number of rotatable bonds is 3. The van der Waals surface area contributed by atoms with Gasteiger partial charge < -0.3 is 4.90 Å². The van der Waals surface area contributed by atoms with E-state index in [1.165, 1.54) is 10.6 Å². The van der Waals surface area contributed by atoms with E-state index in [1.54, 1.807) is 35.2 Å². The fourth-order valence-electron chi connectivity index (χ4n) is 3.25. The lowest BCUT2D eigenvalue weighted by molar-refractivity contribution is 0.0831. The Hall–Kier alpha value is -1.77. The molecule has 0 spiro atoms. The molecule has 26 heavy (non-hydrogen) atoms. The number of amides is 1. The van der Waals surface area contributed by atoms with Crippen LogP contribution in [-0.2, 0) is 16.4 Å². The van der Waals surface area contributed by atoms with Crippen LogP contribution in [0, 0.1) is 0 Å². The molecule has 1 aromatic carbocycles. The van der Waals surface area contributed by atoms with E-state index < -0.39 is 10.0 Å². The van der Waals surface area contributed by atoms with Crippen molar-refractivity contribution in [2.75, 3.05) is 29.4 Å². The van der Waals surface area contributed by atoms with Crippen molar-refractivity contribution < 1.29 is 13.2 Å². The maximum atomic E-state index is 13.0. The van der Waals surface area contributed by atoms with Gasteiger partial charge in [-0.3, -0.25) is 9.10 Å². The zero-order chi connectivity index (χ0) is 18.3. The zero-order valence-corrected chi connectivity index (χ0v) is 16.7. The predicted octanol–water partition coefficient (Wildman–Crippen LogP) is 3.26. The molecule has 0 saturated carbocycles. The molecule has 0 unspecified atom stereocenters. The lowest BCUT2D eigenvalue weighted by atomic mass is 10.1. The molecule has 4 rings (SSSR count). The molecular weight excluding hydrogens is 388 g/mol. The summed E-state index contributed by atoms with van der Waals surface area (Å²) >= 11 is 3.33. The standard InChI is InChI=1S/C18H18N2O3S3/c1-26(22,23)20-7-6-13-11-14(4-5-16(13)20)18(21)19-8-10-25-17(19)12-15-3-2-9-24-15/h2-5,9,11-12H,6-8,10H2,1H3/b17-12+. The summed E-state index contributed by atoms with van der Waals surface area (Å²) in [6.45, 7) is 1.13. The summed E-state index contributed by atoms with van der Waals surface area (Å²) in [5.74, 6) is 0.855. The van der Waals surface area contributed by atoms with Gasteiger partial charge in [0.15, 0.2) is 0 Å². The second-order valence-electron chi connectivity index (χ2n) is 6.23. The number of sulfonamides is 1. The van der Waals surface area contributed by atoms with E-state index in [-0.39, 0.29) is 5.91 Å². The Balaban J connectivity index is 1.61. The second kappa shape index (κ2) is 6.75. The smallest absolute Gasteiger partial charge is 0.258 e. The van der Waals surface area contributed by atoms with Crippen LogP contribution in [0.2, 0.25) is 0 Å². The van der Waals surface area contributed by atoms with Crippen LogP contribution in [0.1, 0.15) is 20.8 Å². The third-order valence-electron chi connectivity index (χ3n) is 4.46. The van der Waals surface area contributed by atoms with E-state index in [4.69, 9.17) is 0 Å². The number of hydrogen-bond donors (Lipinski definition) is 0. The Morgan fingerprint density at radius 1 is 1.23 bits per heavy atom. The maximum absolute atomic E-state index is 13.0. The fraction of sp³-hybridized carbons (Fsp3) is 0.278. The molecule has 5 nitrogen and oxygen atoms in total. The zero-order valence-electron chi connectivity index (χ0n) is 14.2. The first-order valence-electron chi connectivity index (χ1n) is 8.24. The van der Waals surface area contributed by atoms with Gasteiger partial charge in [-0.1, -0.05) is 6.07 Å². The Kier molecular flexibility index (Phi) is 4.58. The van der Waals surface area contributed by atoms with Gasteiger partial charge in [-0.15, -0.1) is 23.1 Å². The monoisotopic (exact) mass is 406 g/mol. The van der Waals surface area contributed by atoms with Crippen LogP contribution in [0.3, 0.4) is 0 Å². The first-order chi connectivity index (χ1) is 12.4. The highest BCUT2D eigenvalue weighted by atomic mass is 32.2. The summed E-state index contributed by atoms with van der Waals surface area (Å²) in [5, 5.41) is 2.99. The van der Waals surface area contributed by atoms with E-state index in [2.05, 4.69) is 6.08 Å². The number of thioether (sulfide) groups is 1. The van der Waals surface area contributed by atoms with Gasteiger partial charge in [0.05, 0.1) is 17.0 Å². The number of benzene rings is 1. The van der Waals surface area contributed by atoms with E-state index >= 15 is 0 Å². The van der Waals surface area contributed by atoms with Crippen LogP contribution >= 0.6 is 23.1 Å².